The Morgan fingerprint density at radius 3 is 2.43 bits per heavy atom. The quantitative estimate of drug-likeness (QED) is 0.138. The summed E-state index contributed by atoms with van der Waals surface area (Å²) < 4.78 is 12.9. The monoisotopic (exact) mass is 670 g/mol. The second kappa shape index (κ2) is 12.3. The highest BCUT2D eigenvalue weighted by atomic mass is 79.9. The van der Waals surface area contributed by atoms with E-state index < -0.39 is 18.2 Å². The lowest BCUT2D eigenvalue weighted by Gasteiger charge is -2.69. The number of benzene rings is 1. The van der Waals surface area contributed by atoms with E-state index >= 15 is 0 Å². The highest BCUT2D eigenvalue weighted by molar-refractivity contribution is 9.10. The number of aliphatic hydroxyl groups excluding tert-OH is 2. The number of fused-ring (bicyclic) bond motifs is 5. The summed E-state index contributed by atoms with van der Waals surface area (Å²) in [6, 6.07) is 7.25. The van der Waals surface area contributed by atoms with Gasteiger partial charge in [0.1, 0.15) is 11.9 Å². The Kier molecular flexibility index (Phi) is 9.36. The molecule has 0 spiro atoms. The highest BCUT2D eigenvalue weighted by Gasteiger charge is 2.70. The van der Waals surface area contributed by atoms with Crippen LogP contribution < -0.4 is 4.74 Å². The van der Waals surface area contributed by atoms with E-state index in [2.05, 4.69) is 49.7 Å². The summed E-state index contributed by atoms with van der Waals surface area (Å²) in [6.45, 7) is 14.7. The zero-order chi connectivity index (χ0) is 32.2. The molecule has 7 heteroatoms. The third kappa shape index (κ3) is 5.64. The normalized spacial score (nSPS) is 40.6. The van der Waals surface area contributed by atoms with Crippen molar-refractivity contribution < 1.29 is 29.3 Å². The summed E-state index contributed by atoms with van der Waals surface area (Å²) in [7, 11) is 0. The Morgan fingerprint density at radius 1 is 1.05 bits per heavy atom. The number of rotatable bonds is 6. The fraction of sp³-hybridized carbons (Fsp3) is 0.676. The molecule has 10 atom stereocenters. The standard InChI is InChI=1S/C37H51BrO6/c1-21(2)10-8-13-26(34(42)44-25-12-9-11-24(38)18-25)32-28-19-30(41)33-35(5)16-15-29(40)22(3)27(35)14-17-36(33,6)37(28,7)20-31(32)43-23(4)39/h9-12,18,22,27-31,33,40-41H,8,13-17,19-20H2,1-7H3/b32-26-/t22-,27-,28-,29+,30+,31-,33-,35-,36-,37-/m0/s1. The first-order valence-corrected chi connectivity index (χ1v) is 17.3. The maximum absolute atomic E-state index is 14.1. The molecule has 0 aliphatic heterocycles. The number of allylic oxidation sites excluding steroid dienone is 2. The molecule has 4 aliphatic rings. The van der Waals surface area contributed by atoms with Gasteiger partial charge in [-0.05, 0) is 129 Å². The second-order valence-corrected chi connectivity index (χ2v) is 16.1. The van der Waals surface area contributed by atoms with Crippen molar-refractivity contribution in [3.63, 3.8) is 0 Å². The zero-order valence-electron chi connectivity index (χ0n) is 27.5. The van der Waals surface area contributed by atoms with Gasteiger partial charge < -0.3 is 19.7 Å². The summed E-state index contributed by atoms with van der Waals surface area (Å²) in [6.07, 6.45) is 6.51. The van der Waals surface area contributed by atoms with Gasteiger partial charge in [0.05, 0.1) is 12.2 Å². The third-order valence-corrected chi connectivity index (χ3v) is 13.1. The van der Waals surface area contributed by atoms with Gasteiger partial charge >= 0.3 is 11.9 Å². The second-order valence-electron chi connectivity index (χ2n) is 15.2. The van der Waals surface area contributed by atoms with E-state index in [4.69, 9.17) is 9.47 Å². The van der Waals surface area contributed by atoms with Gasteiger partial charge in [0.25, 0.3) is 0 Å². The van der Waals surface area contributed by atoms with Gasteiger partial charge in [0.2, 0.25) is 0 Å². The number of carbonyl (C=O) groups is 2. The van der Waals surface area contributed by atoms with Crippen LogP contribution >= 0.6 is 15.9 Å². The van der Waals surface area contributed by atoms with Gasteiger partial charge in [-0.3, -0.25) is 4.79 Å². The minimum atomic E-state index is -0.570. The summed E-state index contributed by atoms with van der Waals surface area (Å²) in [5.41, 5.74) is 1.91. The molecule has 1 aromatic carbocycles. The molecule has 6 nitrogen and oxygen atoms in total. The largest absolute Gasteiger partial charge is 0.458 e. The lowest BCUT2D eigenvalue weighted by atomic mass is 9.36. The molecule has 0 aromatic heterocycles. The van der Waals surface area contributed by atoms with Gasteiger partial charge in [-0.25, -0.2) is 4.79 Å². The third-order valence-electron chi connectivity index (χ3n) is 12.6. The first kappa shape index (κ1) is 33.4. The molecule has 242 valence electrons. The van der Waals surface area contributed by atoms with E-state index in [1.807, 2.05) is 26.0 Å². The van der Waals surface area contributed by atoms with Crippen LogP contribution in [0.3, 0.4) is 0 Å². The molecule has 0 saturated heterocycles. The van der Waals surface area contributed by atoms with E-state index in [1.54, 1.807) is 12.1 Å². The van der Waals surface area contributed by atoms with Gasteiger partial charge in [0.15, 0.2) is 0 Å². The Bertz CT molecular complexity index is 1350. The fourth-order valence-electron chi connectivity index (χ4n) is 10.5. The van der Waals surface area contributed by atoms with Crippen LogP contribution in [-0.4, -0.2) is 40.5 Å². The molecule has 5 rings (SSSR count). The lowest BCUT2D eigenvalue weighted by molar-refractivity contribution is -0.234. The average molecular weight is 672 g/mol. The van der Waals surface area contributed by atoms with Crippen LogP contribution in [-0.2, 0) is 14.3 Å². The SMILES string of the molecule is CC(=O)O[C@H]1C[C@@]2(C)[C@@H](C[C@@H](O)[C@H]3[C@@]4(C)CC[C@@H](O)[C@@H](C)[C@@H]4CC[C@@]32C)/C1=C(\CCC=C(C)C)C(=O)Oc1cccc(Br)c1. The molecule has 2 N–H and O–H groups in total. The van der Waals surface area contributed by atoms with Crippen molar-refractivity contribution in [3.8, 4) is 5.75 Å². The number of hydrogen-bond acceptors (Lipinski definition) is 6. The van der Waals surface area contributed by atoms with E-state index in [9.17, 15) is 19.8 Å². The van der Waals surface area contributed by atoms with Crippen LogP contribution in [0.25, 0.3) is 0 Å². The molecule has 4 aliphatic carbocycles. The smallest absolute Gasteiger partial charge is 0.339 e. The average Bonchev–Trinajstić information content (AvgIpc) is 3.20. The molecule has 1 aromatic rings. The summed E-state index contributed by atoms with van der Waals surface area (Å²) in [5, 5.41) is 23.0. The van der Waals surface area contributed by atoms with Crippen molar-refractivity contribution in [1.82, 2.24) is 0 Å². The number of halogens is 1. The minimum Gasteiger partial charge on any atom is -0.458 e. The van der Waals surface area contributed by atoms with E-state index in [0.717, 1.165) is 35.7 Å². The first-order chi connectivity index (χ1) is 20.6. The maximum Gasteiger partial charge on any atom is 0.339 e. The Hall–Kier alpha value is -1.96. The predicted octanol–water partition coefficient (Wildman–Crippen LogP) is 7.95. The zero-order valence-corrected chi connectivity index (χ0v) is 29.1. The molecule has 44 heavy (non-hydrogen) atoms. The molecule has 0 bridgehead atoms. The van der Waals surface area contributed by atoms with Gasteiger partial charge in [-0.2, -0.15) is 0 Å². The number of esters is 2. The Balaban J connectivity index is 1.62. The summed E-state index contributed by atoms with van der Waals surface area (Å²) >= 11 is 3.47. The molecular formula is C37H51BrO6. The number of carbonyl (C=O) groups excluding carboxylic acids is 2. The molecule has 4 fully saturated rings. The highest BCUT2D eigenvalue weighted by Crippen LogP contribution is 2.74. The molecule has 0 radical (unpaired) electrons. The molecule has 0 heterocycles. The Labute approximate surface area is 271 Å². The number of ether oxygens (including phenoxy) is 2. The van der Waals surface area contributed by atoms with Gasteiger partial charge in [-0.15, -0.1) is 0 Å². The molecule has 0 amide bonds. The summed E-state index contributed by atoms with van der Waals surface area (Å²) in [4.78, 5) is 26.7. The van der Waals surface area contributed by atoms with Crippen molar-refractivity contribution in [2.24, 2.45) is 39.9 Å². The van der Waals surface area contributed by atoms with Crippen LogP contribution in [0.1, 0.15) is 99.8 Å². The van der Waals surface area contributed by atoms with Gasteiger partial charge in [0, 0.05) is 17.0 Å². The topological polar surface area (TPSA) is 93.1 Å². The predicted molar refractivity (Wildman–Crippen MR) is 175 cm³/mol. The van der Waals surface area contributed by atoms with Gasteiger partial charge in [-0.1, -0.05) is 61.3 Å². The van der Waals surface area contributed by atoms with Crippen molar-refractivity contribution in [2.45, 2.75) is 118 Å². The van der Waals surface area contributed by atoms with Crippen LogP contribution in [0.2, 0.25) is 0 Å². The molecular weight excluding hydrogens is 620 g/mol. The lowest BCUT2D eigenvalue weighted by Crippen LogP contribution is -2.65. The molecule has 4 saturated carbocycles. The van der Waals surface area contributed by atoms with Crippen molar-refractivity contribution in [2.75, 3.05) is 0 Å². The Morgan fingerprint density at radius 2 is 1.77 bits per heavy atom. The number of aliphatic hydroxyl groups is 2. The van der Waals surface area contributed by atoms with E-state index in [1.165, 1.54) is 12.5 Å². The van der Waals surface area contributed by atoms with Crippen LogP contribution in [0.4, 0.5) is 0 Å². The van der Waals surface area contributed by atoms with E-state index in [0.29, 0.717) is 42.9 Å². The van der Waals surface area contributed by atoms with Crippen molar-refractivity contribution in [1.29, 1.82) is 0 Å². The minimum absolute atomic E-state index is 0.0463. The number of hydrogen-bond donors (Lipinski definition) is 2. The first-order valence-electron chi connectivity index (χ1n) is 16.5. The van der Waals surface area contributed by atoms with E-state index in [-0.39, 0.29) is 46.1 Å². The van der Waals surface area contributed by atoms with Crippen molar-refractivity contribution in [3.05, 3.63) is 51.5 Å². The summed E-state index contributed by atoms with van der Waals surface area (Å²) in [5.74, 6) is 0.112. The van der Waals surface area contributed by atoms with Crippen LogP contribution in [0, 0.1) is 39.9 Å². The van der Waals surface area contributed by atoms with Crippen LogP contribution in [0.15, 0.2) is 51.5 Å². The van der Waals surface area contributed by atoms with Crippen molar-refractivity contribution >= 4 is 27.9 Å². The fourth-order valence-corrected chi connectivity index (χ4v) is 10.9. The maximum atomic E-state index is 14.1. The van der Waals surface area contributed by atoms with Crippen LogP contribution in [0.5, 0.6) is 5.75 Å². The molecule has 0 unspecified atom stereocenters.